The number of hydrogen-bond acceptors (Lipinski definition) is 17. The fraction of sp³-hybridized carbons (Fsp3) is 0.818. The monoisotopic (exact) mass is 733 g/mol. The molecule has 3 rings (SSSR count). The Morgan fingerprint density at radius 1 is 0.588 bits per heavy atom. The Morgan fingerprint density at radius 2 is 1.10 bits per heavy atom. The maximum atomic E-state index is 12.4. The molecule has 0 bridgehead atoms. The summed E-state index contributed by atoms with van der Waals surface area (Å²) in [5.74, 6) is -4.72. The maximum absolute atomic E-state index is 12.4. The van der Waals surface area contributed by atoms with Gasteiger partial charge >= 0.3 is 29.8 Å². The van der Waals surface area contributed by atoms with Gasteiger partial charge in [0, 0.05) is 47.5 Å². The van der Waals surface area contributed by atoms with Crippen LogP contribution in [-0.2, 0) is 76.1 Å². The number of carbonyl (C=O) groups excluding carboxylic acids is 6. The quantitative estimate of drug-likeness (QED) is 0.205. The van der Waals surface area contributed by atoms with Gasteiger partial charge in [0.25, 0.3) is 0 Å². The van der Waals surface area contributed by atoms with Crippen molar-refractivity contribution in [1.29, 1.82) is 0 Å². The summed E-state index contributed by atoms with van der Waals surface area (Å²) < 4.78 is 58.6. The van der Waals surface area contributed by atoms with Crippen molar-refractivity contribution >= 4 is 35.8 Å². The second-order valence-electron chi connectivity index (χ2n) is 13.0. The van der Waals surface area contributed by atoms with E-state index in [2.05, 4.69) is 5.32 Å². The van der Waals surface area contributed by atoms with Crippen LogP contribution in [0.1, 0.15) is 75.7 Å². The summed E-state index contributed by atoms with van der Waals surface area (Å²) in [6, 6.07) is -1.34. The topological polar surface area (TPSA) is 227 Å². The molecule has 0 aromatic rings. The molecule has 15 atom stereocenters. The van der Waals surface area contributed by atoms with Crippen LogP contribution in [0, 0.1) is 11.8 Å². The fourth-order valence-electron chi connectivity index (χ4n) is 6.47. The van der Waals surface area contributed by atoms with Gasteiger partial charge in [0.05, 0.1) is 18.3 Å². The van der Waals surface area contributed by atoms with Crippen molar-refractivity contribution in [3.05, 3.63) is 0 Å². The molecule has 51 heavy (non-hydrogen) atoms. The molecule has 3 saturated heterocycles. The van der Waals surface area contributed by atoms with Crippen LogP contribution in [0.25, 0.3) is 0 Å². The van der Waals surface area contributed by atoms with Crippen LogP contribution in [0.3, 0.4) is 0 Å². The van der Waals surface area contributed by atoms with Crippen molar-refractivity contribution in [3.63, 3.8) is 0 Å². The zero-order valence-electron chi connectivity index (χ0n) is 30.6. The van der Waals surface area contributed by atoms with Gasteiger partial charge in [-0.25, -0.2) is 0 Å². The number of rotatable bonds is 12. The zero-order valence-corrected chi connectivity index (χ0v) is 30.6. The lowest BCUT2D eigenvalue weighted by Crippen LogP contribution is -2.69. The van der Waals surface area contributed by atoms with E-state index in [-0.39, 0.29) is 24.9 Å². The van der Waals surface area contributed by atoms with Crippen LogP contribution < -0.4 is 5.32 Å². The molecule has 3 fully saturated rings. The highest BCUT2D eigenvalue weighted by Crippen LogP contribution is 2.38. The molecule has 0 spiro atoms. The Morgan fingerprint density at radius 3 is 1.63 bits per heavy atom. The summed E-state index contributed by atoms with van der Waals surface area (Å²) >= 11 is 0. The average molecular weight is 734 g/mol. The van der Waals surface area contributed by atoms with Crippen LogP contribution in [0.5, 0.6) is 0 Å². The fourth-order valence-corrected chi connectivity index (χ4v) is 6.47. The van der Waals surface area contributed by atoms with Crippen molar-refractivity contribution in [2.24, 2.45) is 11.8 Å². The Kier molecular flexibility index (Phi) is 15.1. The van der Waals surface area contributed by atoms with Crippen LogP contribution in [0.15, 0.2) is 0 Å². The number of esters is 5. The predicted octanol–water partition coefficient (Wildman–Crippen LogP) is 0.421. The Bertz CT molecular complexity index is 1260. The van der Waals surface area contributed by atoms with E-state index in [0.29, 0.717) is 0 Å². The lowest BCUT2D eigenvalue weighted by Gasteiger charge is -2.50. The van der Waals surface area contributed by atoms with Gasteiger partial charge in [0.1, 0.15) is 24.9 Å². The van der Waals surface area contributed by atoms with E-state index in [1.54, 1.807) is 6.92 Å². The summed E-state index contributed by atoms with van der Waals surface area (Å²) in [6.45, 7) is 13.8. The van der Waals surface area contributed by atoms with Gasteiger partial charge in [-0.2, -0.15) is 0 Å². The van der Waals surface area contributed by atoms with Gasteiger partial charge in [-0.05, 0) is 19.3 Å². The highest BCUT2D eigenvalue weighted by atomic mass is 16.8. The smallest absolute Gasteiger partial charge is 0.303 e. The van der Waals surface area contributed by atoms with Crippen molar-refractivity contribution < 1.29 is 81.2 Å². The first-order valence-corrected chi connectivity index (χ1v) is 16.9. The molecular weight excluding hydrogens is 682 g/mol. The molecule has 0 aromatic heterocycles. The number of hydrogen-bond donors (Lipinski definition) is 2. The van der Waals surface area contributed by atoms with Crippen molar-refractivity contribution in [1.82, 2.24) is 5.32 Å². The first kappa shape index (κ1) is 42.0. The summed E-state index contributed by atoms with van der Waals surface area (Å²) in [7, 11) is 0. The van der Waals surface area contributed by atoms with Crippen molar-refractivity contribution in [2.45, 2.75) is 156 Å². The summed E-state index contributed by atoms with van der Waals surface area (Å²) in [5, 5.41) is 13.8. The number of carbonyl (C=O) groups is 6. The van der Waals surface area contributed by atoms with Gasteiger partial charge in [-0.15, -0.1) is 0 Å². The van der Waals surface area contributed by atoms with E-state index < -0.39 is 116 Å². The molecule has 3 aliphatic heterocycles. The van der Waals surface area contributed by atoms with Gasteiger partial charge < -0.3 is 57.8 Å². The molecule has 1 amide bonds. The molecule has 18 heteroatoms. The second-order valence-corrected chi connectivity index (χ2v) is 13.0. The third-order valence-electron chi connectivity index (χ3n) is 8.92. The third-order valence-corrected chi connectivity index (χ3v) is 8.92. The van der Waals surface area contributed by atoms with E-state index in [1.165, 1.54) is 27.7 Å². The molecule has 0 saturated carbocycles. The number of aliphatic hydroxyl groups excluding tert-OH is 1. The predicted molar refractivity (Wildman–Crippen MR) is 169 cm³/mol. The maximum Gasteiger partial charge on any atom is 0.303 e. The molecule has 290 valence electrons. The van der Waals surface area contributed by atoms with Gasteiger partial charge in [-0.1, -0.05) is 20.8 Å². The molecule has 2 N–H and O–H groups in total. The van der Waals surface area contributed by atoms with Gasteiger partial charge in [0.15, 0.2) is 43.3 Å². The van der Waals surface area contributed by atoms with Crippen LogP contribution >= 0.6 is 0 Å². The summed E-state index contributed by atoms with van der Waals surface area (Å²) in [5.41, 5.74) is 0. The third kappa shape index (κ3) is 11.0. The van der Waals surface area contributed by atoms with Crippen molar-refractivity contribution in [3.8, 4) is 0 Å². The van der Waals surface area contributed by atoms with E-state index in [1.807, 2.05) is 13.8 Å². The van der Waals surface area contributed by atoms with Crippen LogP contribution in [0.2, 0.25) is 0 Å². The summed E-state index contributed by atoms with van der Waals surface area (Å²) in [4.78, 5) is 73.0. The normalized spacial score (nSPS) is 38.1. The minimum absolute atomic E-state index is 0.127. The number of amides is 1. The lowest BCUT2D eigenvalue weighted by molar-refractivity contribution is -0.365. The molecule has 6 unspecified atom stereocenters. The first-order chi connectivity index (χ1) is 23.8. The average Bonchev–Trinajstić information content (AvgIpc) is 3.01. The highest BCUT2D eigenvalue weighted by Gasteiger charge is 2.56. The Labute approximate surface area is 296 Å². The molecular formula is C33H51NO17. The van der Waals surface area contributed by atoms with E-state index >= 15 is 0 Å². The van der Waals surface area contributed by atoms with E-state index in [9.17, 15) is 33.9 Å². The number of aliphatic hydroxyl groups is 1. The highest BCUT2D eigenvalue weighted by molar-refractivity contribution is 5.73. The van der Waals surface area contributed by atoms with Crippen LogP contribution in [-0.4, -0.2) is 127 Å². The zero-order chi connectivity index (χ0) is 38.3. The molecule has 3 heterocycles. The molecule has 0 aliphatic carbocycles. The van der Waals surface area contributed by atoms with Gasteiger partial charge in [0.2, 0.25) is 5.91 Å². The van der Waals surface area contributed by atoms with E-state index in [4.69, 9.17) is 47.4 Å². The van der Waals surface area contributed by atoms with Crippen LogP contribution in [0.4, 0.5) is 0 Å². The second kappa shape index (κ2) is 18.4. The Hall–Kier alpha value is -3.42. The Balaban J connectivity index is 2.11. The number of ether oxygens (including phenoxy) is 10. The minimum Gasteiger partial charge on any atom is -0.463 e. The molecule has 3 aliphatic rings. The van der Waals surface area contributed by atoms with E-state index in [0.717, 1.165) is 20.8 Å². The molecule has 18 nitrogen and oxygen atoms in total. The summed E-state index contributed by atoms with van der Waals surface area (Å²) in [6.07, 6.45) is -14.7. The molecule has 0 aromatic carbocycles. The number of nitrogens with one attached hydrogen (secondary N) is 1. The minimum atomic E-state index is -1.65. The largest absolute Gasteiger partial charge is 0.463 e. The molecule has 0 radical (unpaired) electrons. The lowest BCUT2D eigenvalue weighted by atomic mass is 9.83. The standard InChI is InChI=1S/C33H51NO17/c1-11-22-27(50-32-25(44-18(7)37)14(3)13(2)23(49-32)12-42-17(6)36)28(24(31(41)48-22)34-16(5)35)51-33-30(47-21(10)40)29(46-20(9)39)26(15(4)43-33)45-19(8)38/h13-15,22-33,41H,11-12H2,1-10H3,(H,34,35)/t13-,14+,15?,22?,23?,24?,25?,26-,27-,28-,29+,30?,31-,32+,33+/m1/s1. The SMILES string of the molecule is CCC1O[C@@H](O)C(NC(C)=O)[C@@H](O[C@@H]2OC(C)[C@@H](OC(C)=O)[C@H](OC(C)=O)C2OC(C)=O)[C@@H]1O[C@@H]1OC(COC(C)=O)[C@H](C)[C@H](C)C1OC(C)=O. The first-order valence-electron chi connectivity index (χ1n) is 16.9. The van der Waals surface area contributed by atoms with Gasteiger partial charge in [-0.3, -0.25) is 28.8 Å². The van der Waals surface area contributed by atoms with Crippen molar-refractivity contribution in [2.75, 3.05) is 6.61 Å².